The molecule has 6 amide bonds. The molecule has 392 valence electrons. The second kappa shape index (κ2) is 28.3. The Morgan fingerprint density at radius 2 is 1.47 bits per heavy atom. The number of aromatic nitrogens is 1. The van der Waals surface area contributed by atoms with E-state index in [4.69, 9.17) is 34.2 Å². The van der Waals surface area contributed by atoms with Gasteiger partial charge in [0, 0.05) is 87.5 Å². The zero-order valence-electron chi connectivity index (χ0n) is 41.0. The van der Waals surface area contributed by atoms with Gasteiger partial charge in [0.15, 0.2) is 0 Å². The van der Waals surface area contributed by atoms with Crippen molar-refractivity contribution in [1.82, 2.24) is 25.0 Å². The first-order valence-electron chi connectivity index (χ1n) is 24.5. The van der Waals surface area contributed by atoms with Crippen molar-refractivity contribution in [3.05, 3.63) is 70.3 Å². The summed E-state index contributed by atoms with van der Waals surface area (Å²) in [4.78, 5) is 88.5. The number of aliphatic hydroxyl groups excluding tert-OH is 1. The predicted octanol–water partition coefficient (Wildman–Crippen LogP) is 1.70. The number of pyridine rings is 1. The van der Waals surface area contributed by atoms with Crippen molar-refractivity contribution >= 4 is 58.7 Å². The smallest absolute Gasteiger partial charge is 0.253 e. The monoisotopic (exact) mass is 1010 g/mol. The van der Waals surface area contributed by atoms with E-state index in [2.05, 4.69) is 20.6 Å². The second-order valence-corrected chi connectivity index (χ2v) is 17.5. The fraction of sp³-hybridized carbons (Fsp3) is 0.560. The van der Waals surface area contributed by atoms with Gasteiger partial charge in [-0.2, -0.15) is 0 Å². The normalized spacial score (nSPS) is 15.7. The minimum atomic E-state index is -0.991. The number of nitrogens with zero attached hydrogens (tertiary/aromatic N) is 5. The van der Waals surface area contributed by atoms with Crippen molar-refractivity contribution < 1.29 is 66.7 Å². The van der Waals surface area contributed by atoms with Gasteiger partial charge in [0.2, 0.25) is 23.6 Å². The molecule has 5 N–H and O–H groups in total. The number of aliphatic hydroxyl groups is 1. The lowest BCUT2D eigenvalue weighted by Crippen LogP contribution is -2.37. The predicted molar refractivity (Wildman–Crippen MR) is 260 cm³/mol. The number of nitrogens with two attached hydrogens (primary N) is 1. The number of amides is 6. The van der Waals surface area contributed by atoms with Crippen LogP contribution in [-0.2, 0) is 75.6 Å². The third-order valence-electron chi connectivity index (χ3n) is 12.2. The van der Waals surface area contributed by atoms with E-state index in [-0.39, 0.29) is 91.9 Å². The van der Waals surface area contributed by atoms with Gasteiger partial charge in [-0.25, -0.2) is 9.38 Å². The van der Waals surface area contributed by atoms with Crippen LogP contribution in [0.15, 0.2) is 47.1 Å². The van der Waals surface area contributed by atoms with Gasteiger partial charge in [-0.3, -0.25) is 38.7 Å². The van der Waals surface area contributed by atoms with E-state index in [1.807, 2.05) is 13.0 Å². The Bertz CT molecular complexity index is 2300. The molecule has 6 rings (SSSR count). The third-order valence-corrected chi connectivity index (χ3v) is 12.2. The van der Waals surface area contributed by atoms with Crippen molar-refractivity contribution in [1.29, 1.82) is 0 Å². The largest absolute Gasteiger partial charge is 0.395 e. The lowest BCUT2D eigenvalue weighted by Gasteiger charge is -2.29. The molecule has 0 unspecified atom stereocenters. The molecule has 1 aromatic heterocycles. The number of rotatable bonds is 32. The molecule has 0 radical (unpaired) electrons. The van der Waals surface area contributed by atoms with E-state index >= 15 is 4.39 Å². The summed E-state index contributed by atoms with van der Waals surface area (Å²) < 4.78 is 49.0. The molecule has 22 heteroatoms. The zero-order valence-corrected chi connectivity index (χ0v) is 41.0. The number of hydrogen-bond acceptors (Lipinski definition) is 16. The summed E-state index contributed by atoms with van der Waals surface area (Å²) in [6.45, 7) is 7.76. The van der Waals surface area contributed by atoms with E-state index in [1.54, 1.807) is 17.2 Å². The second-order valence-electron chi connectivity index (χ2n) is 17.5. The maximum atomic E-state index is 15.9. The molecule has 0 bridgehead atoms. The quantitative estimate of drug-likeness (QED) is 0.0601. The first-order chi connectivity index (χ1) is 34.9. The molecule has 1 aliphatic carbocycles. The first kappa shape index (κ1) is 55.3. The van der Waals surface area contributed by atoms with Gasteiger partial charge in [0.05, 0.1) is 115 Å². The minimum Gasteiger partial charge on any atom is -0.395 e. The average molecular weight is 1010 g/mol. The van der Waals surface area contributed by atoms with Crippen LogP contribution >= 0.6 is 0 Å². The number of nitrogens with one attached hydrogen (secondary N) is 2. The Labute approximate surface area is 418 Å². The van der Waals surface area contributed by atoms with Crippen LogP contribution in [0.1, 0.15) is 67.8 Å². The number of halogens is 1. The Morgan fingerprint density at radius 3 is 2.08 bits per heavy atom. The zero-order chi connectivity index (χ0) is 51.3. The van der Waals surface area contributed by atoms with Crippen molar-refractivity contribution in [3.8, 4) is 0 Å². The number of carbonyl (C=O) groups excluding carboxylic acids is 6. The summed E-state index contributed by atoms with van der Waals surface area (Å²) in [6.07, 6.45) is 7.90. The molecule has 4 heterocycles. The highest BCUT2D eigenvalue weighted by Crippen LogP contribution is 2.51. The molecule has 0 spiro atoms. The Balaban J connectivity index is 0.788. The van der Waals surface area contributed by atoms with Crippen LogP contribution in [0.4, 0.5) is 15.8 Å². The summed E-state index contributed by atoms with van der Waals surface area (Å²) >= 11 is 0. The Hall–Kier alpha value is -6.01. The molecule has 0 saturated heterocycles. The minimum absolute atomic E-state index is 0.0165. The molecule has 0 atom stereocenters. The first-order valence-corrected chi connectivity index (χ1v) is 24.5. The Kier molecular flexibility index (Phi) is 21.7. The lowest BCUT2D eigenvalue weighted by atomic mass is 9.92. The van der Waals surface area contributed by atoms with Gasteiger partial charge in [0.25, 0.3) is 11.8 Å². The summed E-state index contributed by atoms with van der Waals surface area (Å²) in [6, 6.07) is 4.82. The average Bonchev–Trinajstić information content (AvgIpc) is 4.15. The van der Waals surface area contributed by atoms with Gasteiger partial charge in [-0.15, -0.1) is 0 Å². The van der Waals surface area contributed by atoms with Crippen molar-refractivity contribution in [3.63, 3.8) is 0 Å². The third kappa shape index (κ3) is 16.3. The molecule has 4 aliphatic rings. The maximum absolute atomic E-state index is 15.9. The molecule has 1 fully saturated rings. The van der Waals surface area contributed by atoms with Crippen LogP contribution in [0.5, 0.6) is 0 Å². The van der Waals surface area contributed by atoms with Crippen LogP contribution in [0.3, 0.4) is 0 Å². The molecule has 21 nitrogen and oxygen atoms in total. The van der Waals surface area contributed by atoms with Crippen LogP contribution in [0.25, 0.3) is 6.08 Å². The number of ether oxygens (including phenoxy) is 6. The number of anilines is 1. The van der Waals surface area contributed by atoms with Crippen molar-refractivity contribution in [2.45, 2.75) is 63.8 Å². The van der Waals surface area contributed by atoms with E-state index in [0.717, 1.165) is 16.2 Å². The van der Waals surface area contributed by atoms with Crippen molar-refractivity contribution in [2.75, 3.05) is 124 Å². The van der Waals surface area contributed by atoms with Gasteiger partial charge in [-0.05, 0) is 54.7 Å². The molecular weight excluding hydrogens is 940 g/mol. The number of fused-ring (bicyclic) bond motifs is 2. The summed E-state index contributed by atoms with van der Waals surface area (Å²) in [7, 11) is 0. The van der Waals surface area contributed by atoms with Crippen LogP contribution in [-0.4, -0.2) is 185 Å². The van der Waals surface area contributed by atoms with Crippen LogP contribution < -0.4 is 16.4 Å². The molecule has 1 aromatic carbocycles. The Morgan fingerprint density at radius 1 is 0.847 bits per heavy atom. The SMILES string of the molecule is CCCN(CCO)C(=O)C1=Cc2c(F)cc(C3(C(=O)Nc4cnc5c(c4)CN(C(=O)CCOCCOCCOCCOCCOCCOCCNC(=O)CCN4C(=O)C=CC4=O)CC5)CC3)cc2N=C(N)C1. The van der Waals surface area contributed by atoms with E-state index in [1.165, 1.54) is 29.2 Å². The van der Waals surface area contributed by atoms with Crippen molar-refractivity contribution in [2.24, 2.45) is 10.7 Å². The standard InChI is InChI=1S/C50H67FN8O13/c1-2-11-57(14-15-60)48(65)35-29-39-40(51)31-37(32-42(39)56-43(52)30-35)50(8-9-50)49(66)55-38-28-36-34-58(12-5-41(36)54-33-38)45(62)7-16-67-18-20-69-22-24-71-26-27-72-25-23-70-21-19-68-17-10-53-44(61)6-13-59-46(63)3-4-47(59)64/h3-4,28-29,31-33,60H,2,5-27,30,34H2,1H3,(H2,52,56)(H,53,61)(H,55,66). The highest BCUT2D eigenvalue weighted by atomic mass is 19.1. The summed E-state index contributed by atoms with van der Waals surface area (Å²) in [5.74, 6) is -2.31. The van der Waals surface area contributed by atoms with Crippen LogP contribution in [0, 0.1) is 5.82 Å². The molecule has 3 aliphatic heterocycles. The summed E-state index contributed by atoms with van der Waals surface area (Å²) in [5.41, 5.74) is 8.45. The molecule has 72 heavy (non-hydrogen) atoms. The van der Waals surface area contributed by atoms with E-state index in [9.17, 15) is 33.9 Å². The van der Waals surface area contributed by atoms with Crippen LogP contribution in [0.2, 0.25) is 0 Å². The number of hydrogen-bond donors (Lipinski definition) is 4. The highest BCUT2D eigenvalue weighted by molar-refractivity contribution is 6.13. The number of aliphatic imine (C=N–C) groups is 1. The van der Waals surface area contributed by atoms with Gasteiger partial charge in [-0.1, -0.05) is 6.92 Å². The summed E-state index contributed by atoms with van der Waals surface area (Å²) in [5, 5.41) is 15.1. The van der Waals surface area contributed by atoms with E-state index < -0.39 is 23.0 Å². The number of amidine groups is 1. The number of benzene rings is 1. The van der Waals surface area contributed by atoms with Gasteiger partial charge < -0.3 is 59.7 Å². The topological polar surface area (TPSA) is 263 Å². The fourth-order valence-electron chi connectivity index (χ4n) is 8.24. The number of carbonyl (C=O) groups is 6. The maximum Gasteiger partial charge on any atom is 0.253 e. The van der Waals surface area contributed by atoms with Gasteiger partial charge >= 0.3 is 0 Å². The fourth-order valence-corrected chi connectivity index (χ4v) is 8.24. The highest BCUT2D eigenvalue weighted by Gasteiger charge is 2.52. The lowest BCUT2D eigenvalue weighted by molar-refractivity contribution is -0.137. The molecule has 2 aromatic rings. The number of imide groups is 1. The molecule has 1 saturated carbocycles. The van der Waals surface area contributed by atoms with Gasteiger partial charge in [0.1, 0.15) is 11.7 Å². The van der Waals surface area contributed by atoms with E-state index in [0.29, 0.717) is 136 Å². The molecular formula is C50H67FN8O13.